The van der Waals surface area contributed by atoms with Crippen LogP contribution < -0.4 is 10.1 Å². The topological polar surface area (TPSA) is 50.7 Å². The van der Waals surface area contributed by atoms with Gasteiger partial charge in [0.15, 0.2) is 5.17 Å². The average molecular weight is 515 g/mol. The number of nitrogens with zero attached hydrogens (tertiary/aromatic N) is 1. The zero-order valence-electron chi connectivity index (χ0n) is 17.5. The number of hydrogen-bond acceptors (Lipinski definition) is 4. The van der Waals surface area contributed by atoms with Crippen LogP contribution in [-0.2, 0) is 11.4 Å². The highest BCUT2D eigenvalue weighted by molar-refractivity contribution is 9.10. The molecular formula is C27H19BrN2O2S. The van der Waals surface area contributed by atoms with E-state index in [-0.39, 0.29) is 5.91 Å². The third-order valence-electron chi connectivity index (χ3n) is 5.15. The van der Waals surface area contributed by atoms with E-state index in [1.54, 1.807) is 0 Å². The minimum atomic E-state index is -0.151. The molecule has 0 aromatic heterocycles. The Hall–Kier alpha value is -3.35. The number of nitrogens with one attached hydrogen (secondary N) is 1. The van der Waals surface area contributed by atoms with Crippen LogP contribution in [0.1, 0.15) is 11.1 Å². The van der Waals surface area contributed by atoms with Crippen LogP contribution in [0, 0.1) is 0 Å². The molecule has 0 radical (unpaired) electrons. The number of rotatable bonds is 5. The third-order valence-corrected chi connectivity index (χ3v) is 6.68. The molecule has 33 heavy (non-hydrogen) atoms. The lowest BCUT2D eigenvalue weighted by atomic mass is 10.1. The lowest BCUT2D eigenvalue weighted by Gasteiger charge is -2.11. The Morgan fingerprint density at radius 2 is 1.73 bits per heavy atom. The average Bonchev–Trinajstić information content (AvgIpc) is 3.17. The van der Waals surface area contributed by atoms with Crippen LogP contribution >= 0.6 is 27.7 Å². The van der Waals surface area contributed by atoms with Gasteiger partial charge in [-0.1, -0.05) is 66.7 Å². The van der Waals surface area contributed by atoms with Crippen LogP contribution in [0.5, 0.6) is 5.75 Å². The highest BCUT2D eigenvalue weighted by Crippen LogP contribution is 2.32. The van der Waals surface area contributed by atoms with Crippen molar-refractivity contribution in [3.05, 3.63) is 112 Å². The minimum absolute atomic E-state index is 0.151. The number of hydrogen-bond donors (Lipinski definition) is 1. The number of aliphatic imine (C=N–C) groups is 1. The summed E-state index contributed by atoms with van der Waals surface area (Å²) in [4.78, 5) is 17.5. The molecule has 1 fully saturated rings. The van der Waals surface area contributed by atoms with Crippen molar-refractivity contribution >= 4 is 61.3 Å². The second-order valence-electron chi connectivity index (χ2n) is 7.43. The molecule has 1 amide bonds. The fourth-order valence-corrected chi connectivity index (χ4v) is 4.90. The smallest absolute Gasteiger partial charge is 0.264 e. The third kappa shape index (κ3) is 5.02. The van der Waals surface area contributed by atoms with E-state index in [1.807, 2.05) is 72.8 Å². The molecule has 0 atom stereocenters. The first-order valence-electron chi connectivity index (χ1n) is 10.4. The summed E-state index contributed by atoms with van der Waals surface area (Å²) in [6.45, 7) is 0.470. The maximum absolute atomic E-state index is 12.4. The number of halogens is 1. The molecule has 0 spiro atoms. The van der Waals surface area contributed by atoms with Gasteiger partial charge in [-0.3, -0.25) is 4.79 Å². The zero-order valence-corrected chi connectivity index (χ0v) is 19.9. The number of carbonyl (C=O) groups excluding carboxylic acids is 1. The van der Waals surface area contributed by atoms with Gasteiger partial charge >= 0.3 is 0 Å². The van der Waals surface area contributed by atoms with Crippen molar-refractivity contribution in [3.63, 3.8) is 0 Å². The molecule has 4 aromatic carbocycles. The van der Waals surface area contributed by atoms with Gasteiger partial charge in [-0.25, -0.2) is 4.99 Å². The molecule has 4 nitrogen and oxygen atoms in total. The van der Waals surface area contributed by atoms with Gasteiger partial charge in [0.25, 0.3) is 5.91 Å². The summed E-state index contributed by atoms with van der Waals surface area (Å²) in [5, 5.41) is 5.78. The van der Waals surface area contributed by atoms with Crippen molar-refractivity contribution in [2.24, 2.45) is 4.99 Å². The zero-order chi connectivity index (χ0) is 22.6. The maximum Gasteiger partial charge on any atom is 0.264 e. The van der Waals surface area contributed by atoms with E-state index in [2.05, 4.69) is 50.5 Å². The van der Waals surface area contributed by atoms with E-state index in [0.29, 0.717) is 16.7 Å². The summed E-state index contributed by atoms with van der Waals surface area (Å²) < 4.78 is 6.92. The van der Waals surface area contributed by atoms with E-state index in [4.69, 9.17) is 4.74 Å². The number of benzene rings is 4. The highest BCUT2D eigenvalue weighted by atomic mass is 79.9. The molecule has 1 aliphatic rings. The SMILES string of the molecule is O=C1NC(=Nc2ccccc2)S/C1=C\c1ccc(OCc2cccc3ccccc23)c(Br)c1. The second-order valence-corrected chi connectivity index (χ2v) is 9.32. The van der Waals surface area contributed by atoms with E-state index < -0.39 is 0 Å². The Morgan fingerprint density at radius 1 is 0.939 bits per heavy atom. The Labute approximate surface area is 204 Å². The molecule has 1 heterocycles. The summed E-state index contributed by atoms with van der Waals surface area (Å²) in [6, 6.07) is 29.9. The van der Waals surface area contributed by atoms with Crippen molar-refractivity contribution < 1.29 is 9.53 Å². The summed E-state index contributed by atoms with van der Waals surface area (Å²) in [7, 11) is 0. The fourth-order valence-electron chi connectivity index (χ4n) is 3.55. The van der Waals surface area contributed by atoms with Crippen LogP contribution in [0.25, 0.3) is 16.8 Å². The first-order chi connectivity index (χ1) is 16.2. The maximum atomic E-state index is 12.4. The van der Waals surface area contributed by atoms with Gasteiger partial charge < -0.3 is 10.1 Å². The molecule has 1 saturated heterocycles. The number of para-hydroxylation sites is 1. The van der Waals surface area contributed by atoms with Crippen LogP contribution in [0.3, 0.4) is 0 Å². The minimum Gasteiger partial charge on any atom is -0.488 e. The summed E-state index contributed by atoms with van der Waals surface area (Å²) in [5.74, 6) is 0.599. The standard InChI is InChI=1S/C27H19BrN2O2S/c28-23-15-18(16-25-26(31)30-27(33-25)29-21-10-2-1-3-11-21)13-14-24(23)32-17-20-9-6-8-19-7-4-5-12-22(19)20/h1-16H,17H2,(H,29,30,31)/b25-16-. The molecule has 0 saturated carbocycles. The van der Waals surface area contributed by atoms with Crippen LogP contribution in [0.15, 0.2) is 105 Å². The van der Waals surface area contributed by atoms with Crippen LogP contribution in [-0.4, -0.2) is 11.1 Å². The molecule has 0 aliphatic carbocycles. The molecule has 4 aromatic rings. The molecule has 6 heteroatoms. The molecule has 1 aliphatic heterocycles. The number of amidine groups is 1. The Balaban J connectivity index is 1.30. The first kappa shape index (κ1) is 21.5. The molecule has 1 N–H and O–H groups in total. The van der Waals surface area contributed by atoms with Crippen molar-refractivity contribution in [3.8, 4) is 5.75 Å². The fraction of sp³-hybridized carbons (Fsp3) is 0.0370. The van der Waals surface area contributed by atoms with E-state index in [1.165, 1.54) is 22.5 Å². The van der Waals surface area contributed by atoms with Crippen molar-refractivity contribution in [2.45, 2.75) is 6.61 Å². The Bertz CT molecular complexity index is 1390. The molecule has 0 bridgehead atoms. The predicted octanol–water partition coefficient (Wildman–Crippen LogP) is 7.07. The Morgan fingerprint density at radius 3 is 2.58 bits per heavy atom. The van der Waals surface area contributed by atoms with Gasteiger partial charge in [-0.2, -0.15) is 0 Å². The normalized spacial score (nSPS) is 15.8. The quantitative estimate of drug-likeness (QED) is 0.289. The lowest BCUT2D eigenvalue weighted by molar-refractivity contribution is -0.115. The van der Waals surface area contributed by atoms with Gasteiger partial charge in [0, 0.05) is 0 Å². The molecular weight excluding hydrogens is 496 g/mol. The summed E-state index contributed by atoms with van der Waals surface area (Å²) in [6.07, 6.45) is 1.85. The van der Waals surface area contributed by atoms with Gasteiger partial charge in [0.1, 0.15) is 12.4 Å². The lowest BCUT2D eigenvalue weighted by Crippen LogP contribution is -2.19. The van der Waals surface area contributed by atoms with E-state index in [9.17, 15) is 4.79 Å². The second kappa shape index (κ2) is 9.65. The monoisotopic (exact) mass is 514 g/mol. The van der Waals surface area contributed by atoms with E-state index in [0.717, 1.165) is 27.0 Å². The highest BCUT2D eigenvalue weighted by Gasteiger charge is 2.23. The first-order valence-corrected chi connectivity index (χ1v) is 12.0. The number of thioether (sulfide) groups is 1. The Kier molecular flexibility index (Phi) is 6.28. The number of fused-ring (bicyclic) bond motifs is 1. The molecule has 0 unspecified atom stereocenters. The predicted molar refractivity (Wildman–Crippen MR) is 140 cm³/mol. The molecule has 162 valence electrons. The van der Waals surface area contributed by atoms with Crippen LogP contribution in [0.4, 0.5) is 5.69 Å². The van der Waals surface area contributed by atoms with E-state index >= 15 is 0 Å². The summed E-state index contributed by atoms with van der Waals surface area (Å²) >= 11 is 4.94. The largest absolute Gasteiger partial charge is 0.488 e. The van der Waals surface area contributed by atoms with Gasteiger partial charge in [0.05, 0.1) is 15.1 Å². The van der Waals surface area contributed by atoms with Crippen molar-refractivity contribution in [1.82, 2.24) is 5.32 Å². The summed E-state index contributed by atoms with van der Waals surface area (Å²) in [5.41, 5.74) is 2.84. The van der Waals surface area contributed by atoms with Gasteiger partial charge in [-0.15, -0.1) is 0 Å². The number of amides is 1. The van der Waals surface area contributed by atoms with Crippen LogP contribution in [0.2, 0.25) is 0 Å². The van der Waals surface area contributed by atoms with Gasteiger partial charge in [0.2, 0.25) is 0 Å². The van der Waals surface area contributed by atoms with Crippen molar-refractivity contribution in [2.75, 3.05) is 0 Å². The number of carbonyl (C=O) groups is 1. The molecule has 5 rings (SSSR count). The van der Waals surface area contributed by atoms with Crippen molar-refractivity contribution in [1.29, 1.82) is 0 Å². The van der Waals surface area contributed by atoms with Gasteiger partial charge in [-0.05, 0) is 79.9 Å². The number of ether oxygens (including phenoxy) is 1.